The number of rotatable bonds is 27. The van der Waals surface area contributed by atoms with Gasteiger partial charge in [0, 0.05) is 13.2 Å². The molecule has 1 saturated heterocycles. The van der Waals surface area contributed by atoms with E-state index in [9.17, 15) is 0 Å². The SMILES string of the molecule is CCCCCCCCCCCCCCCCOCC(COCCCC[N+]1(C)CCCCC1)OCc1ccccc1. The van der Waals surface area contributed by atoms with Crippen LogP contribution in [0.1, 0.15) is 134 Å². The average molecular weight is 561 g/mol. The van der Waals surface area contributed by atoms with Crippen LogP contribution in [0.5, 0.6) is 0 Å². The van der Waals surface area contributed by atoms with Crippen molar-refractivity contribution in [1.29, 1.82) is 0 Å². The van der Waals surface area contributed by atoms with Crippen molar-refractivity contribution >= 4 is 0 Å². The van der Waals surface area contributed by atoms with Crippen LogP contribution in [-0.2, 0) is 20.8 Å². The Morgan fingerprint density at radius 3 is 1.68 bits per heavy atom. The summed E-state index contributed by atoms with van der Waals surface area (Å²) in [4.78, 5) is 0. The van der Waals surface area contributed by atoms with Crippen LogP contribution >= 0.6 is 0 Å². The molecule has 232 valence electrons. The summed E-state index contributed by atoms with van der Waals surface area (Å²) in [6.07, 6.45) is 26.0. The number of benzene rings is 1. The van der Waals surface area contributed by atoms with Gasteiger partial charge in [-0.05, 0) is 44.1 Å². The Balaban J connectivity index is 1.47. The van der Waals surface area contributed by atoms with Crippen molar-refractivity contribution in [2.45, 2.75) is 142 Å². The lowest BCUT2D eigenvalue weighted by molar-refractivity contribution is -0.914. The van der Waals surface area contributed by atoms with Gasteiger partial charge in [0.1, 0.15) is 6.10 Å². The summed E-state index contributed by atoms with van der Waals surface area (Å²) in [5.41, 5.74) is 1.21. The lowest BCUT2D eigenvalue weighted by Crippen LogP contribution is -2.48. The molecule has 0 bridgehead atoms. The lowest BCUT2D eigenvalue weighted by Gasteiger charge is -2.37. The first kappa shape index (κ1) is 35.3. The number of unbranched alkanes of at least 4 members (excludes halogenated alkanes) is 14. The van der Waals surface area contributed by atoms with Gasteiger partial charge in [0.2, 0.25) is 0 Å². The number of hydrogen-bond acceptors (Lipinski definition) is 3. The van der Waals surface area contributed by atoms with Gasteiger partial charge in [0.05, 0.1) is 46.5 Å². The van der Waals surface area contributed by atoms with E-state index in [-0.39, 0.29) is 6.10 Å². The quantitative estimate of drug-likeness (QED) is 0.0792. The highest BCUT2D eigenvalue weighted by molar-refractivity contribution is 5.13. The van der Waals surface area contributed by atoms with E-state index in [1.165, 1.54) is 139 Å². The molecule has 0 aliphatic carbocycles. The fourth-order valence-corrected chi connectivity index (χ4v) is 5.96. The Morgan fingerprint density at radius 2 is 1.12 bits per heavy atom. The maximum Gasteiger partial charge on any atom is 0.105 e. The van der Waals surface area contributed by atoms with Gasteiger partial charge >= 0.3 is 0 Å². The summed E-state index contributed by atoms with van der Waals surface area (Å²) in [6, 6.07) is 10.4. The van der Waals surface area contributed by atoms with Gasteiger partial charge in [-0.1, -0.05) is 121 Å². The minimum atomic E-state index is -0.00139. The first-order valence-corrected chi connectivity index (χ1v) is 17.4. The average Bonchev–Trinajstić information content (AvgIpc) is 2.97. The molecule has 1 heterocycles. The first-order valence-electron chi connectivity index (χ1n) is 17.4. The molecule has 0 saturated carbocycles. The summed E-state index contributed by atoms with van der Waals surface area (Å²) in [6.45, 7) is 9.82. The predicted molar refractivity (Wildman–Crippen MR) is 171 cm³/mol. The molecule has 4 nitrogen and oxygen atoms in total. The fourth-order valence-electron chi connectivity index (χ4n) is 5.96. The smallest absolute Gasteiger partial charge is 0.105 e. The van der Waals surface area contributed by atoms with Gasteiger partial charge in [-0.25, -0.2) is 0 Å². The minimum Gasteiger partial charge on any atom is -0.379 e. The molecular weight excluding hydrogens is 494 g/mol. The van der Waals surface area contributed by atoms with Crippen LogP contribution in [0.3, 0.4) is 0 Å². The van der Waals surface area contributed by atoms with Crippen LogP contribution in [0.4, 0.5) is 0 Å². The second kappa shape index (κ2) is 24.6. The highest BCUT2D eigenvalue weighted by atomic mass is 16.6. The molecule has 1 aromatic carbocycles. The second-order valence-corrected chi connectivity index (χ2v) is 12.7. The summed E-state index contributed by atoms with van der Waals surface area (Å²) < 4.78 is 19.6. The Bertz CT molecular complexity index is 661. The molecule has 1 aliphatic rings. The van der Waals surface area contributed by atoms with Gasteiger partial charge in [-0.3, -0.25) is 0 Å². The van der Waals surface area contributed by atoms with E-state index in [0.717, 1.165) is 26.1 Å². The number of ether oxygens (including phenoxy) is 3. The Hall–Kier alpha value is -0.940. The molecule has 4 heteroatoms. The molecule has 40 heavy (non-hydrogen) atoms. The van der Waals surface area contributed by atoms with Crippen molar-refractivity contribution in [2.75, 3.05) is 53.1 Å². The predicted octanol–water partition coefficient (Wildman–Crippen LogP) is 9.50. The largest absolute Gasteiger partial charge is 0.379 e. The summed E-state index contributed by atoms with van der Waals surface area (Å²) in [5, 5.41) is 0. The van der Waals surface area contributed by atoms with Crippen molar-refractivity contribution in [1.82, 2.24) is 0 Å². The molecule has 1 fully saturated rings. The zero-order valence-corrected chi connectivity index (χ0v) is 26.7. The monoisotopic (exact) mass is 561 g/mol. The highest BCUT2D eigenvalue weighted by Crippen LogP contribution is 2.17. The highest BCUT2D eigenvalue weighted by Gasteiger charge is 2.23. The summed E-state index contributed by atoms with van der Waals surface area (Å²) in [5.74, 6) is 0. The third-order valence-electron chi connectivity index (χ3n) is 8.71. The Labute approximate surface area is 249 Å². The van der Waals surface area contributed by atoms with Gasteiger partial charge in [0.15, 0.2) is 0 Å². The van der Waals surface area contributed by atoms with E-state index in [2.05, 4.69) is 44.3 Å². The molecule has 0 aromatic heterocycles. The molecule has 1 aromatic rings. The Kier molecular flexibility index (Phi) is 21.7. The van der Waals surface area contributed by atoms with Crippen LogP contribution in [0.2, 0.25) is 0 Å². The van der Waals surface area contributed by atoms with Crippen molar-refractivity contribution in [2.24, 2.45) is 0 Å². The van der Waals surface area contributed by atoms with Crippen LogP contribution in [0, 0.1) is 0 Å². The van der Waals surface area contributed by atoms with Crippen molar-refractivity contribution in [3.63, 3.8) is 0 Å². The number of likely N-dealkylation sites (tertiary alicyclic amines) is 1. The maximum atomic E-state index is 6.22. The first-order chi connectivity index (χ1) is 19.7. The number of piperidine rings is 1. The molecule has 0 spiro atoms. The van der Waals surface area contributed by atoms with E-state index in [1.807, 2.05) is 0 Å². The molecule has 2 rings (SSSR count). The van der Waals surface area contributed by atoms with Crippen molar-refractivity contribution in [3.8, 4) is 0 Å². The van der Waals surface area contributed by atoms with Crippen LogP contribution in [0.25, 0.3) is 0 Å². The van der Waals surface area contributed by atoms with E-state index in [1.54, 1.807) is 0 Å². The molecule has 1 atom stereocenters. The normalized spacial score (nSPS) is 15.8. The fraction of sp³-hybridized carbons (Fsp3) is 0.833. The second-order valence-electron chi connectivity index (χ2n) is 12.7. The van der Waals surface area contributed by atoms with Crippen molar-refractivity contribution < 1.29 is 18.7 Å². The molecule has 1 unspecified atom stereocenters. The van der Waals surface area contributed by atoms with E-state index in [4.69, 9.17) is 14.2 Å². The van der Waals surface area contributed by atoms with Crippen molar-refractivity contribution in [3.05, 3.63) is 35.9 Å². The van der Waals surface area contributed by atoms with Gasteiger partial charge < -0.3 is 18.7 Å². The van der Waals surface area contributed by atoms with E-state index < -0.39 is 0 Å². The third kappa shape index (κ3) is 19.2. The van der Waals surface area contributed by atoms with Gasteiger partial charge in [0.25, 0.3) is 0 Å². The van der Waals surface area contributed by atoms with Crippen LogP contribution < -0.4 is 0 Å². The number of hydrogen-bond donors (Lipinski definition) is 0. The number of quaternary nitrogens is 1. The van der Waals surface area contributed by atoms with Gasteiger partial charge in [-0.2, -0.15) is 0 Å². The molecule has 0 radical (unpaired) electrons. The lowest BCUT2D eigenvalue weighted by atomic mass is 10.0. The van der Waals surface area contributed by atoms with E-state index >= 15 is 0 Å². The summed E-state index contributed by atoms with van der Waals surface area (Å²) >= 11 is 0. The number of nitrogens with zero attached hydrogens (tertiary/aromatic N) is 1. The van der Waals surface area contributed by atoms with E-state index in [0.29, 0.717) is 19.8 Å². The summed E-state index contributed by atoms with van der Waals surface area (Å²) in [7, 11) is 2.43. The topological polar surface area (TPSA) is 27.7 Å². The molecule has 0 amide bonds. The third-order valence-corrected chi connectivity index (χ3v) is 8.71. The Morgan fingerprint density at radius 1 is 0.625 bits per heavy atom. The minimum absolute atomic E-state index is 0.00139. The molecular formula is C36H66NO3+. The standard InChI is InChI=1S/C36H66NO3/c1-3-4-5-6-7-8-9-10-11-12-13-14-15-23-30-38-33-36(40-32-35-25-18-16-19-26-35)34-39-31-24-22-29-37(2)27-20-17-21-28-37/h16,18-19,25-26,36H,3-15,17,20-24,27-34H2,1-2H3/q+1. The molecule has 0 N–H and O–H groups in total. The van der Waals surface area contributed by atoms with Gasteiger partial charge in [-0.15, -0.1) is 0 Å². The van der Waals surface area contributed by atoms with Crippen LogP contribution in [-0.4, -0.2) is 63.7 Å². The maximum absolute atomic E-state index is 6.22. The van der Waals surface area contributed by atoms with Crippen LogP contribution in [0.15, 0.2) is 30.3 Å². The zero-order chi connectivity index (χ0) is 28.4. The zero-order valence-electron chi connectivity index (χ0n) is 26.7. The molecule has 1 aliphatic heterocycles.